The van der Waals surface area contributed by atoms with E-state index in [1.807, 2.05) is 0 Å². The second-order valence-corrected chi connectivity index (χ2v) is 4.32. The lowest BCUT2D eigenvalue weighted by atomic mass is 10.3. The molecule has 0 unspecified atom stereocenters. The highest BCUT2D eigenvalue weighted by molar-refractivity contribution is 6.30. The highest BCUT2D eigenvalue weighted by Crippen LogP contribution is 2.16. The molecule has 0 atom stereocenters. The molecule has 106 valence electrons. The third-order valence-electron chi connectivity index (χ3n) is 2.60. The van der Waals surface area contributed by atoms with Crippen LogP contribution >= 0.6 is 11.6 Å². The van der Waals surface area contributed by atoms with E-state index in [2.05, 4.69) is 10.1 Å². The lowest BCUT2D eigenvalue weighted by molar-refractivity contribution is -0.0765. The van der Waals surface area contributed by atoms with Crippen LogP contribution in [0.3, 0.4) is 0 Å². The van der Waals surface area contributed by atoms with Crippen molar-refractivity contribution in [2.45, 2.75) is 6.61 Å². The number of aliphatic hydroxyl groups is 1. The predicted octanol–water partition coefficient (Wildman–Crippen LogP) is 1.05. The van der Waals surface area contributed by atoms with Crippen LogP contribution in [0.15, 0.2) is 24.3 Å². The number of hydroxylamine groups is 2. The Labute approximate surface area is 120 Å². The molecule has 7 nitrogen and oxygen atoms in total. The van der Waals surface area contributed by atoms with Gasteiger partial charge in [-0.2, -0.15) is 0 Å². The highest BCUT2D eigenvalue weighted by atomic mass is 35.5. The van der Waals surface area contributed by atoms with E-state index in [0.29, 0.717) is 10.7 Å². The number of halogens is 1. The second-order valence-electron chi connectivity index (χ2n) is 3.89. The van der Waals surface area contributed by atoms with Gasteiger partial charge in [0.2, 0.25) is 5.82 Å². The number of aromatic nitrogens is 3. The van der Waals surface area contributed by atoms with Gasteiger partial charge >= 0.3 is 5.91 Å². The first-order chi connectivity index (χ1) is 9.56. The molecule has 0 fully saturated rings. The van der Waals surface area contributed by atoms with Gasteiger partial charge < -0.3 is 5.11 Å². The number of nitrogens with zero attached hydrogens (tertiary/aromatic N) is 4. The van der Waals surface area contributed by atoms with Gasteiger partial charge in [0.15, 0.2) is 5.82 Å². The molecule has 1 heterocycles. The summed E-state index contributed by atoms with van der Waals surface area (Å²) in [7, 11) is 2.82. The first-order valence-electron chi connectivity index (χ1n) is 5.71. The molecule has 1 aromatic heterocycles. The monoisotopic (exact) mass is 296 g/mol. The van der Waals surface area contributed by atoms with Crippen LogP contribution < -0.4 is 0 Å². The molecule has 0 spiro atoms. The Kier molecular flexibility index (Phi) is 4.33. The van der Waals surface area contributed by atoms with Crippen molar-refractivity contribution < 1.29 is 14.7 Å². The van der Waals surface area contributed by atoms with Crippen LogP contribution in [-0.2, 0) is 11.4 Å². The molecule has 2 rings (SSSR count). The van der Waals surface area contributed by atoms with Crippen molar-refractivity contribution >= 4 is 17.5 Å². The molecule has 0 aliphatic rings. The minimum atomic E-state index is -0.486. The van der Waals surface area contributed by atoms with Gasteiger partial charge in [-0.3, -0.25) is 9.63 Å². The Morgan fingerprint density at radius 3 is 2.90 bits per heavy atom. The van der Waals surface area contributed by atoms with Crippen LogP contribution in [0, 0.1) is 0 Å². The van der Waals surface area contributed by atoms with Crippen LogP contribution in [0.25, 0.3) is 5.69 Å². The lowest BCUT2D eigenvalue weighted by Crippen LogP contribution is -2.28. The van der Waals surface area contributed by atoms with Crippen LogP contribution in [-0.4, -0.2) is 45.0 Å². The fourth-order valence-corrected chi connectivity index (χ4v) is 1.76. The molecule has 8 heteroatoms. The molecule has 0 bridgehead atoms. The van der Waals surface area contributed by atoms with Crippen molar-refractivity contribution in [3.05, 3.63) is 40.9 Å². The van der Waals surface area contributed by atoms with Crippen molar-refractivity contribution in [1.82, 2.24) is 19.8 Å². The summed E-state index contributed by atoms with van der Waals surface area (Å²) in [6.07, 6.45) is 0. The smallest absolute Gasteiger partial charge is 0.315 e. The van der Waals surface area contributed by atoms with Gasteiger partial charge in [0.1, 0.15) is 6.61 Å². The molecule has 0 radical (unpaired) electrons. The number of rotatable bonds is 4. The van der Waals surface area contributed by atoms with Gasteiger partial charge in [0.05, 0.1) is 12.8 Å². The average molecular weight is 297 g/mol. The van der Waals surface area contributed by atoms with Gasteiger partial charge in [-0.25, -0.2) is 14.7 Å². The third-order valence-corrected chi connectivity index (χ3v) is 2.83. The quantitative estimate of drug-likeness (QED) is 0.853. The van der Waals surface area contributed by atoms with E-state index < -0.39 is 5.91 Å². The molecule has 0 aliphatic heterocycles. The van der Waals surface area contributed by atoms with E-state index in [9.17, 15) is 4.79 Å². The summed E-state index contributed by atoms with van der Waals surface area (Å²) in [6.45, 7) is -0.370. The molecule has 20 heavy (non-hydrogen) atoms. The molecule has 2 aromatic rings. The fraction of sp³-hybridized carbons (Fsp3) is 0.250. The standard InChI is InChI=1S/C12H13ClN4O3/c1-16(20-2)12(19)11-14-10(7-18)15-17(11)9-5-3-4-8(13)6-9/h3-6,18H,7H2,1-2H3. The van der Waals surface area contributed by atoms with Gasteiger partial charge in [-0.1, -0.05) is 17.7 Å². The Morgan fingerprint density at radius 1 is 1.55 bits per heavy atom. The number of amides is 1. The topological polar surface area (TPSA) is 80.5 Å². The van der Waals surface area contributed by atoms with Gasteiger partial charge in [0.25, 0.3) is 0 Å². The van der Waals surface area contributed by atoms with Crippen LogP contribution in [0.4, 0.5) is 0 Å². The van der Waals surface area contributed by atoms with E-state index in [0.717, 1.165) is 5.06 Å². The molecular weight excluding hydrogens is 284 g/mol. The first kappa shape index (κ1) is 14.4. The lowest BCUT2D eigenvalue weighted by Gasteiger charge is -2.13. The molecule has 1 N–H and O–H groups in total. The highest BCUT2D eigenvalue weighted by Gasteiger charge is 2.22. The van der Waals surface area contributed by atoms with Crippen molar-refractivity contribution in [2.75, 3.05) is 14.2 Å². The predicted molar refractivity (Wildman–Crippen MR) is 71.4 cm³/mol. The Hall–Kier alpha value is -1.96. The van der Waals surface area contributed by atoms with Crippen molar-refractivity contribution in [3.8, 4) is 5.69 Å². The number of carbonyl (C=O) groups excluding carboxylic acids is 1. The molecule has 0 saturated heterocycles. The molecular formula is C12H13ClN4O3. The van der Waals surface area contributed by atoms with E-state index in [1.54, 1.807) is 24.3 Å². The first-order valence-corrected chi connectivity index (χ1v) is 6.09. The summed E-state index contributed by atoms with van der Waals surface area (Å²) in [6, 6.07) is 6.80. The van der Waals surface area contributed by atoms with Crippen LogP contribution in [0.2, 0.25) is 5.02 Å². The summed E-state index contributed by atoms with van der Waals surface area (Å²) in [5.74, 6) is -0.321. The summed E-state index contributed by atoms with van der Waals surface area (Å²) in [4.78, 5) is 21.0. The zero-order valence-electron chi connectivity index (χ0n) is 10.9. The minimum absolute atomic E-state index is 0.0284. The van der Waals surface area contributed by atoms with Crippen molar-refractivity contribution in [1.29, 1.82) is 0 Å². The molecule has 0 aliphatic carbocycles. The summed E-state index contributed by atoms with van der Waals surface area (Å²) >= 11 is 5.93. The Morgan fingerprint density at radius 2 is 2.30 bits per heavy atom. The maximum absolute atomic E-state index is 12.1. The van der Waals surface area contributed by atoms with Crippen molar-refractivity contribution in [2.24, 2.45) is 0 Å². The zero-order valence-corrected chi connectivity index (χ0v) is 11.7. The number of benzene rings is 1. The van der Waals surface area contributed by atoms with Crippen LogP contribution in [0.1, 0.15) is 16.4 Å². The number of carbonyl (C=O) groups is 1. The van der Waals surface area contributed by atoms with Gasteiger partial charge in [-0.15, -0.1) is 5.10 Å². The average Bonchev–Trinajstić information content (AvgIpc) is 2.89. The van der Waals surface area contributed by atoms with Crippen molar-refractivity contribution in [3.63, 3.8) is 0 Å². The second kappa shape index (κ2) is 6.00. The van der Waals surface area contributed by atoms with Gasteiger partial charge in [-0.05, 0) is 18.2 Å². The third kappa shape index (κ3) is 2.79. The molecule has 1 amide bonds. The largest absolute Gasteiger partial charge is 0.388 e. The van der Waals surface area contributed by atoms with E-state index >= 15 is 0 Å². The number of hydrogen-bond donors (Lipinski definition) is 1. The summed E-state index contributed by atoms with van der Waals surface area (Å²) in [5, 5.41) is 14.7. The normalized spacial score (nSPS) is 10.6. The van der Waals surface area contributed by atoms with E-state index in [1.165, 1.54) is 18.8 Å². The maximum atomic E-state index is 12.1. The Balaban J connectivity index is 2.52. The van der Waals surface area contributed by atoms with Crippen LogP contribution in [0.5, 0.6) is 0 Å². The molecule has 1 aromatic carbocycles. The zero-order chi connectivity index (χ0) is 14.7. The summed E-state index contributed by atoms with van der Waals surface area (Å²) < 4.78 is 1.31. The maximum Gasteiger partial charge on any atom is 0.315 e. The van der Waals surface area contributed by atoms with E-state index in [-0.39, 0.29) is 18.3 Å². The Bertz CT molecular complexity index is 629. The molecule has 0 saturated carbocycles. The fourth-order valence-electron chi connectivity index (χ4n) is 1.57. The van der Waals surface area contributed by atoms with Gasteiger partial charge in [0, 0.05) is 12.1 Å². The minimum Gasteiger partial charge on any atom is -0.388 e. The SMILES string of the molecule is CON(C)C(=O)c1nc(CO)nn1-c1cccc(Cl)c1. The number of hydrogen-bond acceptors (Lipinski definition) is 5. The number of aliphatic hydroxyl groups excluding tert-OH is 1. The summed E-state index contributed by atoms with van der Waals surface area (Å²) in [5.41, 5.74) is 0.567. The van der Waals surface area contributed by atoms with E-state index in [4.69, 9.17) is 21.5 Å².